The van der Waals surface area contributed by atoms with E-state index >= 15 is 0 Å². The second-order valence-electron chi connectivity index (χ2n) is 3.07. The number of rotatable bonds is 4. The van der Waals surface area contributed by atoms with E-state index in [1.165, 1.54) is 0 Å². The highest BCUT2D eigenvalue weighted by molar-refractivity contribution is 9.10. The van der Waals surface area contributed by atoms with Crippen molar-refractivity contribution in [3.05, 3.63) is 27.7 Å². The van der Waals surface area contributed by atoms with E-state index in [4.69, 9.17) is 0 Å². The van der Waals surface area contributed by atoms with E-state index in [9.17, 15) is 18.0 Å². The van der Waals surface area contributed by atoms with E-state index in [1.54, 1.807) is 6.92 Å². The van der Waals surface area contributed by atoms with Crippen LogP contribution in [0.4, 0.5) is 13.2 Å². The van der Waals surface area contributed by atoms with Crippen LogP contribution in [0.1, 0.15) is 24.6 Å². The Labute approximate surface area is 104 Å². The molecule has 0 saturated heterocycles. The predicted octanol–water partition coefficient (Wildman–Crippen LogP) is 3.03. The van der Waals surface area contributed by atoms with Gasteiger partial charge in [0.05, 0.1) is 28.8 Å². The molecule has 1 aromatic heterocycles. The van der Waals surface area contributed by atoms with E-state index in [0.29, 0.717) is 0 Å². The number of carbonyl (C=O) groups is 1. The molecule has 0 aromatic carbocycles. The molecule has 0 atom stereocenters. The maximum atomic E-state index is 13.6. The van der Waals surface area contributed by atoms with Crippen molar-refractivity contribution >= 4 is 21.9 Å². The predicted molar refractivity (Wildman–Crippen MR) is 57.2 cm³/mol. The number of esters is 1. The minimum Gasteiger partial charge on any atom is -0.466 e. The summed E-state index contributed by atoms with van der Waals surface area (Å²) >= 11 is 2.71. The molecule has 1 aromatic rings. The lowest BCUT2D eigenvalue weighted by Crippen LogP contribution is -2.11. The van der Waals surface area contributed by atoms with E-state index < -0.39 is 23.8 Å². The Bertz CT molecular complexity index is 426. The van der Waals surface area contributed by atoms with Gasteiger partial charge in [-0.2, -0.15) is 0 Å². The summed E-state index contributed by atoms with van der Waals surface area (Å²) in [5, 5.41) is 0. The van der Waals surface area contributed by atoms with Gasteiger partial charge in [-0.3, -0.25) is 9.78 Å². The number of hydrogen-bond acceptors (Lipinski definition) is 3. The first-order valence-corrected chi connectivity index (χ1v) is 5.53. The van der Waals surface area contributed by atoms with Crippen molar-refractivity contribution in [3.8, 4) is 0 Å². The Morgan fingerprint density at radius 2 is 2.24 bits per heavy atom. The summed E-state index contributed by atoms with van der Waals surface area (Å²) in [6, 6.07) is 0. The smallest absolute Gasteiger partial charge is 0.311 e. The summed E-state index contributed by atoms with van der Waals surface area (Å²) < 4.78 is 42.6. The highest BCUT2D eigenvalue weighted by Crippen LogP contribution is 2.29. The maximum Gasteiger partial charge on any atom is 0.311 e. The average Bonchev–Trinajstić information content (AvgIpc) is 2.25. The molecule has 0 aliphatic rings. The molecule has 7 heteroatoms. The first-order valence-electron chi connectivity index (χ1n) is 4.73. The molecule has 0 spiro atoms. The number of halogens is 4. The van der Waals surface area contributed by atoms with Crippen LogP contribution in [-0.4, -0.2) is 17.6 Å². The molecule has 0 unspecified atom stereocenters. The number of pyridine rings is 1. The van der Waals surface area contributed by atoms with Crippen molar-refractivity contribution in [3.63, 3.8) is 0 Å². The molecule has 1 rings (SSSR count). The molecule has 0 amide bonds. The molecule has 0 aliphatic carbocycles. The number of nitrogens with zero attached hydrogens (tertiary/aromatic N) is 1. The lowest BCUT2D eigenvalue weighted by molar-refractivity contribution is -0.142. The number of ether oxygens (including phenoxy) is 1. The van der Waals surface area contributed by atoms with E-state index in [2.05, 4.69) is 25.7 Å². The zero-order valence-corrected chi connectivity index (χ0v) is 10.4. The fraction of sp³-hybridized carbons (Fsp3) is 0.400. The Morgan fingerprint density at radius 1 is 1.59 bits per heavy atom. The largest absolute Gasteiger partial charge is 0.466 e. The zero-order chi connectivity index (χ0) is 13.0. The summed E-state index contributed by atoms with van der Waals surface area (Å²) in [5.74, 6) is -1.62. The standard InChI is InChI=1S/C10H9BrF3NO2/c1-2-17-7(16)3-6-9(12)8(11)5(4-15-6)10(13)14/h4,10H,2-3H2,1H3. The molecule has 0 saturated carbocycles. The molecule has 0 N–H and O–H groups in total. The van der Waals surface area contributed by atoms with Crippen LogP contribution in [0.2, 0.25) is 0 Å². The first kappa shape index (κ1) is 14.0. The van der Waals surface area contributed by atoms with E-state index in [0.717, 1.165) is 6.20 Å². The van der Waals surface area contributed by atoms with Crippen molar-refractivity contribution in [2.75, 3.05) is 6.61 Å². The number of aromatic nitrogens is 1. The van der Waals surface area contributed by atoms with Crippen LogP contribution < -0.4 is 0 Å². The van der Waals surface area contributed by atoms with Crippen molar-refractivity contribution in [1.29, 1.82) is 0 Å². The van der Waals surface area contributed by atoms with Gasteiger partial charge in [-0.15, -0.1) is 0 Å². The Balaban J connectivity index is 2.96. The molecule has 3 nitrogen and oxygen atoms in total. The van der Waals surface area contributed by atoms with Gasteiger partial charge in [-0.25, -0.2) is 13.2 Å². The van der Waals surface area contributed by atoms with Gasteiger partial charge in [0.25, 0.3) is 6.43 Å². The average molecular weight is 312 g/mol. The maximum absolute atomic E-state index is 13.6. The molecule has 0 radical (unpaired) electrons. The van der Waals surface area contributed by atoms with Crippen molar-refractivity contribution in [2.45, 2.75) is 19.8 Å². The number of hydrogen-bond donors (Lipinski definition) is 0. The highest BCUT2D eigenvalue weighted by Gasteiger charge is 2.20. The Morgan fingerprint density at radius 3 is 2.76 bits per heavy atom. The summed E-state index contributed by atoms with van der Waals surface area (Å²) in [6.45, 7) is 1.77. The van der Waals surface area contributed by atoms with Crippen LogP contribution >= 0.6 is 15.9 Å². The minimum atomic E-state index is -2.83. The Kier molecular flexibility index (Phi) is 4.92. The third kappa shape index (κ3) is 3.42. The Hall–Kier alpha value is -1.11. The lowest BCUT2D eigenvalue weighted by atomic mass is 10.2. The molecule has 0 aliphatic heterocycles. The molecule has 0 fully saturated rings. The fourth-order valence-corrected chi connectivity index (χ4v) is 1.64. The van der Waals surface area contributed by atoms with Gasteiger partial charge in [-0.05, 0) is 22.9 Å². The van der Waals surface area contributed by atoms with Crippen LogP contribution in [0.15, 0.2) is 10.7 Å². The van der Waals surface area contributed by atoms with Gasteiger partial charge in [0.2, 0.25) is 0 Å². The molecule has 17 heavy (non-hydrogen) atoms. The van der Waals surface area contributed by atoms with Crippen molar-refractivity contribution < 1.29 is 22.7 Å². The highest BCUT2D eigenvalue weighted by atomic mass is 79.9. The third-order valence-corrected chi connectivity index (χ3v) is 2.72. The topological polar surface area (TPSA) is 39.2 Å². The molecule has 94 valence electrons. The first-order chi connectivity index (χ1) is 7.97. The zero-order valence-electron chi connectivity index (χ0n) is 8.84. The quantitative estimate of drug-likeness (QED) is 0.802. The van der Waals surface area contributed by atoms with Crippen LogP contribution in [0.3, 0.4) is 0 Å². The molecule has 0 bridgehead atoms. The van der Waals surface area contributed by atoms with Crippen LogP contribution in [0, 0.1) is 5.82 Å². The van der Waals surface area contributed by atoms with Gasteiger partial charge in [0, 0.05) is 6.20 Å². The van der Waals surface area contributed by atoms with Gasteiger partial charge in [-0.1, -0.05) is 0 Å². The van der Waals surface area contributed by atoms with Crippen LogP contribution in [0.5, 0.6) is 0 Å². The molecule has 1 heterocycles. The van der Waals surface area contributed by atoms with E-state index in [1.807, 2.05) is 0 Å². The summed E-state index contributed by atoms with van der Waals surface area (Å²) in [5.41, 5.74) is -0.769. The van der Waals surface area contributed by atoms with Gasteiger partial charge < -0.3 is 4.74 Å². The number of carbonyl (C=O) groups excluding carboxylic acids is 1. The lowest BCUT2D eigenvalue weighted by Gasteiger charge is -2.07. The van der Waals surface area contributed by atoms with Crippen LogP contribution in [0.25, 0.3) is 0 Å². The summed E-state index contributed by atoms with van der Waals surface area (Å²) in [4.78, 5) is 14.6. The normalized spacial score (nSPS) is 10.7. The second kappa shape index (κ2) is 6.00. The van der Waals surface area contributed by atoms with Crippen molar-refractivity contribution in [1.82, 2.24) is 4.98 Å². The van der Waals surface area contributed by atoms with Gasteiger partial charge >= 0.3 is 5.97 Å². The SMILES string of the molecule is CCOC(=O)Cc1ncc(C(F)F)c(Br)c1F. The third-order valence-electron chi connectivity index (χ3n) is 1.91. The fourth-order valence-electron chi connectivity index (χ4n) is 1.14. The van der Waals surface area contributed by atoms with Gasteiger partial charge in [0.1, 0.15) is 0 Å². The monoisotopic (exact) mass is 311 g/mol. The molecular weight excluding hydrogens is 303 g/mol. The minimum absolute atomic E-state index is 0.163. The molecular formula is C10H9BrF3NO2. The summed E-state index contributed by atoms with van der Waals surface area (Å²) in [7, 11) is 0. The van der Waals surface area contributed by atoms with Crippen molar-refractivity contribution in [2.24, 2.45) is 0 Å². The second-order valence-corrected chi connectivity index (χ2v) is 3.86. The summed E-state index contributed by atoms with van der Waals surface area (Å²) in [6.07, 6.45) is -2.38. The van der Waals surface area contributed by atoms with Gasteiger partial charge in [0.15, 0.2) is 5.82 Å². The van der Waals surface area contributed by atoms with E-state index in [-0.39, 0.29) is 23.2 Å². The van der Waals surface area contributed by atoms with Crippen LogP contribution in [-0.2, 0) is 16.0 Å². The number of alkyl halides is 2.